The Morgan fingerprint density at radius 1 is 0.872 bits per heavy atom. The van der Waals surface area contributed by atoms with E-state index >= 15 is 0 Å². The summed E-state index contributed by atoms with van der Waals surface area (Å²) in [6.07, 6.45) is 0.430. The molecule has 1 fully saturated rings. The summed E-state index contributed by atoms with van der Waals surface area (Å²) in [4.78, 5) is 28.8. The number of para-hydroxylation sites is 1. The van der Waals surface area contributed by atoms with Crippen molar-refractivity contribution in [2.75, 3.05) is 25.5 Å². The Bertz CT molecular complexity index is 1460. The third kappa shape index (κ3) is 6.62. The SMILES string of the molecule is COc1ccccc1CNC(=O)[C@H]1C[C@@H](C(=O)Nc2ccc(F)cc2)CN(Cc2ccc3ccccc3c2)C1. The van der Waals surface area contributed by atoms with Gasteiger partial charge in [-0.2, -0.15) is 0 Å². The number of likely N-dealkylation sites (tertiary alicyclic amines) is 1. The molecule has 1 aliphatic heterocycles. The highest BCUT2D eigenvalue weighted by Gasteiger charge is 2.35. The summed E-state index contributed by atoms with van der Waals surface area (Å²) >= 11 is 0. The molecule has 1 saturated heterocycles. The van der Waals surface area contributed by atoms with Crippen LogP contribution in [0.5, 0.6) is 5.75 Å². The number of hydrogen-bond donors (Lipinski definition) is 2. The molecule has 1 heterocycles. The fourth-order valence-electron chi connectivity index (χ4n) is 5.25. The van der Waals surface area contributed by atoms with Crippen LogP contribution in [0.25, 0.3) is 10.8 Å². The van der Waals surface area contributed by atoms with Crippen LogP contribution in [0.2, 0.25) is 0 Å². The van der Waals surface area contributed by atoms with E-state index in [4.69, 9.17) is 4.74 Å². The number of amides is 2. The summed E-state index contributed by atoms with van der Waals surface area (Å²) in [6, 6.07) is 27.9. The summed E-state index contributed by atoms with van der Waals surface area (Å²) in [7, 11) is 1.61. The zero-order chi connectivity index (χ0) is 27.2. The van der Waals surface area contributed by atoms with E-state index in [1.165, 1.54) is 17.5 Å². The van der Waals surface area contributed by atoms with Gasteiger partial charge in [-0.1, -0.05) is 54.6 Å². The number of benzene rings is 4. The molecule has 2 amide bonds. The minimum absolute atomic E-state index is 0.0938. The van der Waals surface area contributed by atoms with Gasteiger partial charge in [-0.15, -0.1) is 0 Å². The summed E-state index contributed by atoms with van der Waals surface area (Å²) in [5, 5.41) is 8.28. The van der Waals surface area contributed by atoms with Gasteiger partial charge < -0.3 is 15.4 Å². The molecule has 0 aliphatic carbocycles. The second kappa shape index (κ2) is 12.1. The molecular weight excluding hydrogens is 493 g/mol. The first-order chi connectivity index (χ1) is 19.0. The largest absolute Gasteiger partial charge is 0.496 e. The fraction of sp³-hybridized carbons (Fsp3) is 0.250. The first-order valence-corrected chi connectivity index (χ1v) is 13.1. The van der Waals surface area contributed by atoms with Crippen molar-refractivity contribution < 1.29 is 18.7 Å². The van der Waals surface area contributed by atoms with E-state index in [0.717, 1.165) is 22.3 Å². The number of anilines is 1. The number of carbonyl (C=O) groups excluding carboxylic acids is 2. The van der Waals surface area contributed by atoms with Crippen molar-refractivity contribution in [1.82, 2.24) is 10.2 Å². The molecule has 0 radical (unpaired) electrons. The lowest BCUT2D eigenvalue weighted by Crippen LogP contribution is -2.48. The highest BCUT2D eigenvalue weighted by molar-refractivity contribution is 5.93. The van der Waals surface area contributed by atoms with Crippen molar-refractivity contribution in [2.45, 2.75) is 19.5 Å². The molecule has 5 rings (SSSR count). The van der Waals surface area contributed by atoms with Gasteiger partial charge in [0.1, 0.15) is 11.6 Å². The van der Waals surface area contributed by atoms with Crippen LogP contribution < -0.4 is 15.4 Å². The number of nitrogens with one attached hydrogen (secondary N) is 2. The summed E-state index contributed by atoms with van der Waals surface area (Å²) in [5.74, 6) is -0.671. The van der Waals surface area contributed by atoms with Crippen molar-refractivity contribution in [3.63, 3.8) is 0 Å². The van der Waals surface area contributed by atoms with Gasteiger partial charge in [0.15, 0.2) is 0 Å². The molecule has 7 heteroatoms. The normalized spacial score (nSPS) is 17.5. The molecule has 2 N–H and O–H groups in total. The third-order valence-corrected chi connectivity index (χ3v) is 7.25. The molecule has 6 nitrogen and oxygen atoms in total. The minimum Gasteiger partial charge on any atom is -0.496 e. The Morgan fingerprint density at radius 3 is 2.33 bits per heavy atom. The number of halogens is 1. The Labute approximate surface area is 227 Å². The van der Waals surface area contributed by atoms with Gasteiger partial charge in [-0.3, -0.25) is 14.5 Å². The molecule has 0 unspecified atom stereocenters. The van der Waals surface area contributed by atoms with Gasteiger partial charge in [-0.25, -0.2) is 4.39 Å². The van der Waals surface area contributed by atoms with Gasteiger partial charge in [-0.05, 0) is 59.2 Å². The first-order valence-electron chi connectivity index (χ1n) is 13.1. The molecule has 0 spiro atoms. The van der Waals surface area contributed by atoms with Crippen LogP contribution in [-0.4, -0.2) is 36.9 Å². The summed E-state index contributed by atoms with van der Waals surface area (Å²) in [6.45, 7) is 2.04. The van der Waals surface area contributed by atoms with Crippen LogP contribution in [-0.2, 0) is 22.7 Å². The number of fused-ring (bicyclic) bond motifs is 1. The quantitative estimate of drug-likeness (QED) is 0.324. The standard InChI is InChI=1S/C32H32FN3O3/c1-39-30-9-5-4-8-25(30)18-34-31(37)26-17-27(32(38)35-29-14-12-28(33)13-15-29)21-36(20-26)19-22-10-11-23-6-2-3-7-24(23)16-22/h2-16,26-27H,17-21H2,1H3,(H,34,37)(H,35,38)/t26-,27+/m0/s1. The van der Waals surface area contributed by atoms with E-state index in [2.05, 4.69) is 45.9 Å². The number of piperidine rings is 1. The van der Waals surface area contributed by atoms with Crippen LogP contribution in [0.4, 0.5) is 10.1 Å². The first kappa shape index (κ1) is 26.4. The zero-order valence-electron chi connectivity index (χ0n) is 21.9. The maximum atomic E-state index is 13.4. The molecule has 0 saturated carbocycles. The van der Waals surface area contributed by atoms with Crippen LogP contribution in [0, 0.1) is 17.7 Å². The van der Waals surface area contributed by atoms with E-state index in [1.54, 1.807) is 19.2 Å². The van der Waals surface area contributed by atoms with Crippen LogP contribution in [0.1, 0.15) is 17.5 Å². The van der Waals surface area contributed by atoms with Crippen LogP contribution in [0.3, 0.4) is 0 Å². The van der Waals surface area contributed by atoms with Crippen LogP contribution in [0.15, 0.2) is 91.0 Å². The molecule has 1 aliphatic rings. The lowest BCUT2D eigenvalue weighted by Gasteiger charge is -2.36. The fourth-order valence-corrected chi connectivity index (χ4v) is 5.25. The average molecular weight is 526 g/mol. The predicted molar refractivity (Wildman–Crippen MR) is 151 cm³/mol. The lowest BCUT2D eigenvalue weighted by molar-refractivity contribution is -0.130. The Kier molecular flexibility index (Phi) is 8.18. The number of ether oxygens (including phenoxy) is 1. The van der Waals surface area contributed by atoms with Crippen molar-refractivity contribution in [3.8, 4) is 5.75 Å². The van der Waals surface area contributed by atoms with Crippen molar-refractivity contribution in [1.29, 1.82) is 0 Å². The number of carbonyl (C=O) groups is 2. The van der Waals surface area contributed by atoms with Crippen molar-refractivity contribution >= 4 is 28.3 Å². The molecule has 2 atom stereocenters. The maximum Gasteiger partial charge on any atom is 0.228 e. The summed E-state index contributed by atoms with van der Waals surface area (Å²) in [5.41, 5.74) is 2.55. The van der Waals surface area contributed by atoms with E-state index in [-0.39, 0.29) is 23.5 Å². The number of methoxy groups -OCH3 is 1. The molecule has 4 aromatic rings. The number of rotatable bonds is 8. The van der Waals surface area contributed by atoms with Gasteiger partial charge in [0, 0.05) is 37.4 Å². The third-order valence-electron chi connectivity index (χ3n) is 7.25. The van der Waals surface area contributed by atoms with Gasteiger partial charge in [0.05, 0.1) is 18.9 Å². The topological polar surface area (TPSA) is 70.7 Å². The second-order valence-electron chi connectivity index (χ2n) is 10.0. The molecule has 200 valence electrons. The van der Waals surface area contributed by atoms with Gasteiger partial charge in [0.2, 0.25) is 11.8 Å². The number of hydrogen-bond acceptors (Lipinski definition) is 4. The van der Waals surface area contributed by atoms with E-state index in [9.17, 15) is 14.0 Å². The highest BCUT2D eigenvalue weighted by atomic mass is 19.1. The van der Waals surface area contributed by atoms with Gasteiger partial charge >= 0.3 is 0 Å². The average Bonchev–Trinajstić information content (AvgIpc) is 2.97. The highest BCUT2D eigenvalue weighted by Crippen LogP contribution is 2.27. The predicted octanol–water partition coefficient (Wildman–Crippen LogP) is 5.38. The molecule has 39 heavy (non-hydrogen) atoms. The second-order valence-corrected chi connectivity index (χ2v) is 10.0. The summed E-state index contributed by atoms with van der Waals surface area (Å²) < 4.78 is 18.8. The molecular formula is C32H32FN3O3. The minimum atomic E-state index is -0.397. The molecule has 0 aromatic heterocycles. The monoisotopic (exact) mass is 525 g/mol. The number of nitrogens with zero attached hydrogens (tertiary/aromatic N) is 1. The lowest BCUT2D eigenvalue weighted by atomic mass is 9.87. The van der Waals surface area contributed by atoms with Gasteiger partial charge in [0.25, 0.3) is 0 Å². The van der Waals surface area contributed by atoms with Crippen molar-refractivity contribution in [2.24, 2.45) is 11.8 Å². The zero-order valence-corrected chi connectivity index (χ0v) is 21.9. The Balaban J connectivity index is 1.32. The smallest absolute Gasteiger partial charge is 0.228 e. The Hall–Kier alpha value is -4.23. The van der Waals surface area contributed by atoms with Crippen molar-refractivity contribution in [3.05, 3.63) is 108 Å². The van der Waals surface area contributed by atoms with Crippen LogP contribution >= 0.6 is 0 Å². The van der Waals surface area contributed by atoms with E-state index in [1.807, 2.05) is 36.4 Å². The molecule has 4 aromatic carbocycles. The van der Waals surface area contributed by atoms with E-state index in [0.29, 0.717) is 38.3 Å². The maximum absolute atomic E-state index is 13.4. The van der Waals surface area contributed by atoms with E-state index < -0.39 is 5.92 Å². The Morgan fingerprint density at radius 2 is 1.56 bits per heavy atom. The molecule has 0 bridgehead atoms.